The number of rotatable bonds is 6. The number of nitrogen functional groups attached to an aromatic ring is 2. The molecule has 6 N–H and O–H groups in total. The number of ether oxygens (including phenoxy) is 2. The highest BCUT2D eigenvalue weighted by molar-refractivity contribution is 5.97. The van der Waals surface area contributed by atoms with E-state index < -0.39 is 11.9 Å². The summed E-state index contributed by atoms with van der Waals surface area (Å²) in [6.07, 6.45) is 0. The monoisotopic (exact) mass is 438 g/mol. The Hall–Kier alpha value is -4.17. The van der Waals surface area contributed by atoms with Crippen molar-refractivity contribution in [3.05, 3.63) is 95.1 Å². The second-order valence-corrected chi connectivity index (χ2v) is 6.23. The zero-order valence-electron chi connectivity index (χ0n) is 16.1. The Balaban J connectivity index is 0.00000341. The Morgan fingerprint density at radius 2 is 0.806 bits per heavy atom. The van der Waals surface area contributed by atoms with E-state index in [0.717, 1.165) is 0 Å². The van der Waals surface area contributed by atoms with Crippen LogP contribution in [0.5, 0.6) is 11.5 Å². The molecule has 3 aromatic rings. The molecule has 158 valence electrons. The number of halogens is 1. The van der Waals surface area contributed by atoms with Crippen LogP contribution in [0.15, 0.2) is 72.8 Å². The fourth-order valence-electron chi connectivity index (χ4n) is 2.48. The topological polar surface area (TPSA) is 152 Å². The number of esters is 2. The molecule has 3 rings (SSSR count). The van der Waals surface area contributed by atoms with Gasteiger partial charge in [-0.1, -0.05) is 0 Å². The second kappa shape index (κ2) is 10.0. The molecule has 9 heteroatoms. The number of nitrogens with one attached hydrogen (secondary N) is 2. The largest absolute Gasteiger partial charge is 0.423 e. The SMILES string of the molecule is Cl.N=C(N)c1ccc(OC(=O)c2ccc(C(=O)Oc3ccc(C(=N)N)cc3)cc2)cc1. The normalized spacial score (nSPS) is 9.81. The highest BCUT2D eigenvalue weighted by atomic mass is 35.5. The maximum Gasteiger partial charge on any atom is 0.343 e. The Kier molecular flexibility index (Phi) is 7.48. The van der Waals surface area contributed by atoms with E-state index in [4.69, 9.17) is 31.8 Å². The van der Waals surface area contributed by atoms with Crippen LogP contribution in [0.2, 0.25) is 0 Å². The summed E-state index contributed by atoms with van der Waals surface area (Å²) in [5.74, 6) is -0.726. The van der Waals surface area contributed by atoms with Gasteiger partial charge in [-0.3, -0.25) is 10.8 Å². The maximum atomic E-state index is 12.3. The molecule has 0 atom stereocenters. The first-order valence-corrected chi connectivity index (χ1v) is 8.77. The van der Waals surface area contributed by atoms with Gasteiger partial charge in [-0.25, -0.2) is 9.59 Å². The zero-order valence-corrected chi connectivity index (χ0v) is 16.9. The number of carbonyl (C=O) groups is 2. The molecule has 0 amide bonds. The van der Waals surface area contributed by atoms with E-state index in [0.29, 0.717) is 22.6 Å². The number of hydrogen-bond acceptors (Lipinski definition) is 6. The van der Waals surface area contributed by atoms with Crippen molar-refractivity contribution in [3.63, 3.8) is 0 Å². The lowest BCUT2D eigenvalue weighted by molar-refractivity contribution is 0.0720. The third-order valence-electron chi connectivity index (χ3n) is 4.11. The standard InChI is InChI=1S/C22H18N4O4.ClH/c23-19(24)13-5-9-17(10-6-13)29-21(27)15-1-2-16(4-3-15)22(28)30-18-11-7-14(8-12-18)20(25)26;/h1-12H,(H3,23,24)(H3,25,26);1H. The molecule has 3 aromatic carbocycles. The number of benzene rings is 3. The predicted molar refractivity (Wildman–Crippen MR) is 119 cm³/mol. The summed E-state index contributed by atoms with van der Waals surface area (Å²) in [5, 5.41) is 14.7. The van der Waals surface area contributed by atoms with E-state index in [1.807, 2.05) is 0 Å². The van der Waals surface area contributed by atoms with Crippen LogP contribution in [0, 0.1) is 10.8 Å². The number of nitrogens with two attached hydrogens (primary N) is 2. The fraction of sp³-hybridized carbons (Fsp3) is 0. The molecule has 31 heavy (non-hydrogen) atoms. The lowest BCUT2D eigenvalue weighted by Gasteiger charge is -2.07. The number of amidine groups is 2. The summed E-state index contributed by atoms with van der Waals surface area (Å²) in [7, 11) is 0. The number of hydrogen-bond donors (Lipinski definition) is 4. The highest BCUT2D eigenvalue weighted by Crippen LogP contribution is 2.17. The van der Waals surface area contributed by atoms with Crippen molar-refractivity contribution in [2.75, 3.05) is 0 Å². The second-order valence-electron chi connectivity index (χ2n) is 6.23. The first kappa shape index (κ1) is 23.1. The van der Waals surface area contributed by atoms with Crippen LogP contribution in [0.25, 0.3) is 0 Å². The van der Waals surface area contributed by atoms with Gasteiger partial charge >= 0.3 is 11.9 Å². The first-order valence-electron chi connectivity index (χ1n) is 8.77. The van der Waals surface area contributed by atoms with Crippen molar-refractivity contribution in [2.45, 2.75) is 0 Å². The lowest BCUT2D eigenvalue weighted by Crippen LogP contribution is -2.13. The van der Waals surface area contributed by atoms with E-state index in [2.05, 4.69) is 0 Å². The molecular weight excluding hydrogens is 420 g/mol. The summed E-state index contributed by atoms with van der Waals surface area (Å²) in [6.45, 7) is 0. The zero-order chi connectivity index (χ0) is 21.7. The van der Waals surface area contributed by atoms with Gasteiger partial charge in [0.2, 0.25) is 0 Å². The average molecular weight is 439 g/mol. The smallest absolute Gasteiger partial charge is 0.343 e. The minimum absolute atomic E-state index is 0. The van der Waals surface area contributed by atoms with Crippen molar-refractivity contribution in [3.8, 4) is 11.5 Å². The summed E-state index contributed by atoms with van der Waals surface area (Å²) >= 11 is 0. The molecule has 0 aliphatic rings. The van der Waals surface area contributed by atoms with E-state index in [1.54, 1.807) is 24.3 Å². The van der Waals surface area contributed by atoms with Crippen LogP contribution in [0.1, 0.15) is 31.8 Å². The molecule has 0 aliphatic heterocycles. The van der Waals surface area contributed by atoms with E-state index in [-0.39, 0.29) is 35.2 Å². The van der Waals surface area contributed by atoms with Crippen molar-refractivity contribution >= 4 is 36.0 Å². The first-order chi connectivity index (χ1) is 14.3. The molecular formula is C22H19ClN4O4. The maximum absolute atomic E-state index is 12.3. The molecule has 0 spiro atoms. The molecule has 0 bridgehead atoms. The Labute approximate surface area is 184 Å². The van der Waals surface area contributed by atoms with Crippen molar-refractivity contribution in [1.29, 1.82) is 10.8 Å². The van der Waals surface area contributed by atoms with Crippen molar-refractivity contribution in [2.24, 2.45) is 11.5 Å². The lowest BCUT2D eigenvalue weighted by atomic mass is 10.1. The minimum atomic E-state index is -0.592. The van der Waals surface area contributed by atoms with Gasteiger partial charge in [0.25, 0.3) is 0 Å². The molecule has 0 heterocycles. The van der Waals surface area contributed by atoms with Gasteiger partial charge in [-0.2, -0.15) is 0 Å². The predicted octanol–water partition coefficient (Wildman–Crippen LogP) is 3.11. The molecule has 0 radical (unpaired) electrons. The minimum Gasteiger partial charge on any atom is -0.423 e. The fourth-order valence-corrected chi connectivity index (χ4v) is 2.48. The molecule has 0 saturated heterocycles. The van der Waals surface area contributed by atoms with E-state index >= 15 is 0 Å². The van der Waals surface area contributed by atoms with Crippen LogP contribution in [-0.4, -0.2) is 23.6 Å². The molecule has 0 fully saturated rings. The van der Waals surface area contributed by atoms with Gasteiger partial charge in [0.05, 0.1) is 11.1 Å². The third-order valence-corrected chi connectivity index (χ3v) is 4.11. The van der Waals surface area contributed by atoms with E-state index in [9.17, 15) is 9.59 Å². The third kappa shape index (κ3) is 5.91. The van der Waals surface area contributed by atoms with Crippen molar-refractivity contribution in [1.82, 2.24) is 0 Å². The van der Waals surface area contributed by atoms with Crippen LogP contribution >= 0.6 is 12.4 Å². The molecule has 0 saturated carbocycles. The molecule has 0 unspecified atom stereocenters. The van der Waals surface area contributed by atoms with Crippen molar-refractivity contribution < 1.29 is 19.1 Å². The Bertz CT molecular complexity index is 1020. The molecule has 0 aliphatic carbocycles. The van der Waals surface area contributed by atoms with Gasteiger partial charge < -0.3 is 20.9 Å². The Morgan fingerprint density at radius 1 is 0.548 bits per heavy atom. The number of carbonyl (C=O) groups excluding carboxylic acids is 2. The summed E-state index contributed by atoms with van der Waals surface area (Å²) in [4.78, 5) is 24.5. The van der Waals surface area contributed by atoms with Crippen LogP contribution in [0.3, 0.4) is 0 Å². The van der Waals surface area contributed by atoms with Gasteiger partial charge in [-0.15, -0.1) is 12.4 Å². The van der Waals surface area contributed by atoms with Gasteiger partial charge in [-0.05, 0) is 72.8 Å². The average Bonchev–Trinajstić information content (AvgIpc) is 2.74. The summed E-state index contributed by atoms with van der Waals surface area (Å²) in [6, 6.07) is 18.3. The van der Waals surface area contributed by atoms with Crippen LogP contribution in [0.4, 0.5) is 0 Å². The van der Waals surface area contributed by atoms with Crippen LogP contribution in [-0.2, 0) is 0 Å². The Morgan fingerprint density at radius 3 is 1.06 bits per heavy atom. The van der Waals surface area contributed by atoms with Crippen LogP contribution < -0.4 is 20.9 Å². The van der Waals surface area contributed by atoms with Gasteiger partial charge in [0, 0.05) is 11.1 Å². The summed E-state index contributed by atoms with van der Waals surface area (Å²) in [5.41, 5.74) is 12.3. The highest BCUT2D eigenvalue weighted by Gasteiger charge is 2.13. The van der Waals surface area contributed by atoms with Gasteiger partial charge in [0.15, 0.2) is 0 Å². The summed E-state index contributed by atoms with van der Waals surface area (Å²) < 4.78 is 10.5. The quantitative estimate of drug-likeness (QED) is 0.201. The van der Waals surface area contributed by atoms with Gasteiger partial charge in [0.1, 0.15) is 23.2 Å². The van der Waals surface area contributed by atoms with E-state index in [1.165, 1.54) is 48.5 Å². The molecule has 0 aromatic heterocycles. The molecule has 8 nitrogen and oxygen atoms in total.